The first-order valence-corrected chi connectivity index (χ1v) is 11.9. The summed E-state index contributed by atoms with van der Waals surface area (Å²) in [6.07, 6.45) is 1.55. The smallest absolute Gasteiger partial charge is 0.123 e. The van der Waals surface area contributed by atoms with Gasteiger partial charge in [-0.2, -0.15) is 0 Å². The Balaban J connectivity index is 1.30. The summed E-state index contributed by atoms with van der Waals surface area (Å²) in [5, 5.41) is 3.44. The molecule has 0 aliphatic carbocycles. The molecule has 1 N–H and O–H groups in total. The molecule has 1 aliphatic rings. The average Bonchev–Trinajstić information content (AvgIpc) is 2.85. The molecule has 1 heterocycles. The second-order valence-corrected chi connectivity index (χ2v) is 8.86. The highest BCUT2D eigenvalue weighted by Gasteiger charge is 2.13. The highest BCUT2D eigenvalue weighted by molar-refractivity contribution is 5.71. The Hall–Kier alpha value is -3.37. The van der Waals surface area contributed by atoms with Crippen molar-refractivity contribution in [3.05, 3.63) is 114 Å². The molecule has 0 spiro atoms. The number of ether oxygens (including phenoxy) is 1. The number of benzene rings is 3. The summed E-state index contributed by atoms with van der Waals surface area (Å²) in [6, 6.07) is 21.7. The second kappa shape index (κ2) is 11.2. The highest BCUT2D eigenvalue weighted by atomic mass is 19.1. The number of hydrogen-bond acceptors (Lipinski definition) is 3. The molecule has 0 atom stereocenters. The first-order chi connectivity index (χ1) is 16.5. The molecule has 1 fully saturated rings. The van der Waals surface area contributed by atoms with Gasteiger partial charge in [0, 0.05) is 31.0 Å². The summed E-state index contributed by atoms with van der Waals surface area (Å²) in [5.74, 6) is -0.198. The van der Waals surface area contributed by atoms with E-state index in [4.69, 9.17) is 4.74 Å². The highest BCUT2D eigenvalue weighted by Crippen LogP contribution is 2.26. The third-order valence-corrected chi connectivity index (χ3v) is 6.34. The summed E-state index contributed by atoms with van der Waals surface area (Å²) in [5.41, 5.74) is 8.89. The van der Waals surface area contributed by atoms with Crippen LogP contribution in [0.15, 0.2) is 79.9 Å². The Kier molecular flexibility index (Phi) is 7.81. The molecule has 4 heteroatoms. The van der Waals surface area contributed by atoms with Gasteiger partial charge in [0.05, 0.1) is 13.2 Å². The van der Waals surface area contributed by atoms with Crippen LogP contribution < -0.4 is 10.2 Å². The number of hydrogen-bond donors (Lipinski definition) is 1. The Bertz CT molecular complexity index is 1150. The number of nitrogens with one attached hydrogen (secondary N) is 1. The van der Waals surface area contributed by atoms with E-state index in [1.807, 2.05) is 6.07 Å². The third-order valence-electron chi connectivity index (χ3n) is 6.34. The number of halogens is 1. The van der Waals surface area contributed by atoms with Crippen LogP contribution in [-0.2, 0) is 11.2 Å². The van der Waals surface area contributed by atoms with Gasteiger partial charge in [-0.1, -0.05) is 55.6 Å². The maximum Gasteiger partial charge on any atom is 0.123 e. The Morgan fingerprint density at radius 3 is 2.47 bits per heavy atom. The van der Waals surface area contributed by atoms with Crippen LogP contribution in [0.1, 0.15) is 34.2 Å². The van der Waals surface area contributed by atoms with Crippen LogP contribution in [-0.4, -0.2) is 32.8 Å². The molecule has 3 aromatic rings. The van der Waals surface area contributed by atoms with Crippen molar-refractivity contribution in [2.45, 2.75) is 19.8 Å². The van der Waals surface area contributed by atoms with Gasteiger partial charge in [0.2, 0.25) is 0 Å². The van der Waals surface area contributed by atoms with E-state index in [1.54, 1.807) is 12.1 Å². The van der Waals surface area contributed by atoms with Gasteiger partial charge >= 0.3 is 0 Å². The fourth-order valence-corrected chi connectivity index (χ4v) is 4.32. The van der Waals surface area contributed by atoms with E-state index in [0.717, 1.165) is 67.2 Å². The van der Waals surface area contributed by atoms with E-state index in [9.17, 15) is 4.39 Å². The molecule has 176 valence electrons. The van der Waals surface area contributed by atoms with Gasteiger partial charge < -0.3 is 15.0 Å². The van der Waals surface area contributed by atoms with E-state index in [0.29, 0.717) is 6.42 Å². The van der Waals surface area contributed by atoms with E-state index in [-0.39, 0.29) is 5.82 Å². The summed E-state index contributed by atoms with van der Waals surface area (Å²) in [7, 11) is 0. The summed E-state index contributed by atoms with van der Waals surface area (Å²) in [4.78, 5) is 2.37. The first kappa shape index (κ1) is 23.8. The fourth-order valence-electron chi connectivity index (χ4n) is 4.32. The lowest BCUT2D eigenvalue weighted by molar-refractivity contribution is 0.122. The number of rotatable bonds is 9. The lowest BCUT2D eigenvalue weighted by atomic mass is 9.98. The van der Waals surface area contributed by atoms with E-state index >= 15 is 0 Å². The summed E-state index contributed by atoms with van der Waals surface area (Å²) >= 11 is 0. The summed E-state index contributed by atoms with van der Waals surface area (Å²) in [6.45, 7) is 14.9. The minimum atomic E-state index is -0.198. The molecule has 34 heavy (non-hydrogen) atoms. The Morgan fingerprint density at radius 1 is 0.971 bits per heavy atom. The minimum Gasteiger partial charge on any atom is -0.385 e. The number of nitrogens with zero attached hydrogens (tertiary/aromatic N) is 1. The number of aryl methyl sites for hydroxylation is 1. The standard InChI is InChI=1S/C30H33FN2O/c1-22-7-12-29(33-15-17-34-18-16-33)21-30(22)23(2)13-14-32-24(3)27-10-8-25(9-11-27)19-26-5-4-6-28(31)20-26/h4-12,20-21,32H,2-3,13-19H2,1H3. The lowest BCUT2D eigenvalue weighted by Crippen LogP contribution is -2.36. The largest absolute Gasteiger partial charge is 0.385 e. The molecule has 4 rings (SSSR count). The SMILES string of the molecule is C=C(NCCC(=C)c1cc(N2CCOCC2)ccc1C)c1ccc(Cc2cccc(F)c2)cc1. The van der Waals surface area contributed by atoms with Gasteiger partial charge in [0.1, 0.15) is 5.82 Å². The molecule has 0 amide bonds. The van der Waals surface area contributed by atoms with Crippen molar-refractivity contribution in [2.24, 2.45) is 0 Å². The topological polar surface area (TPSA) is 24.5 Å². The maximum absolute atomic E-state index is 13.4. The van der Waals surface area contributed by atoms with E-state index < -0.39 is 0 Å². The Morgan fingerprint density at radius 2 is 1.74 bits per heavy atom. The third kappa shape index (κ3) is 6.15. The number of anilines is 1. The van der Waals surface area contributed by atoms with Crippen LogP contribution in [0.3, 0.4) is 0 Å². The zero-order valence-electron chi connectivity index (χ0n) is 19.9. The predicted molar refractivity (Wildman–Crippen MR) is 141 cm³/mol. The Labute approximate surface area is 202 Å². The zero-order valence-corrected chi connectivity index (χ0v) is 19.9. The van der Waals surface area contributed by atoms with Gasteiger partial charge in [-0.3, -0.25) is 0 Å². The molecule has 0 bridgehead atoms. The minimum absolute atomic E-state index is 0.198. The molecule has 0 unspecified atom stereocenters. The van der Waals surface area contributed by atoms with Gasteiger partial charge in [-0.05, 0) is 77.4 Å². The van der Waals surface area contributed by atoms with Crippen LogP contribution in [0.2, 0.25) is 0 Å². The molecule has 3 aromatic carbocycles. The molecular weight excluding hydrogens is 423 g/mol. The van der Waals surface area contributed by atoms with Gasteiger partial charge in [-0.25, -0.2) is 4.39 Å². The molecule has 3 nitrogen and oxygen atoms in total. The van der Waals surface area contributed by atoms with Crippen LogP contribution in [0.25, 0.3) is 11.3 Å². The van der Waals surface area contributed by atoms with Crippen LogP contribution in [0.4, 0.5) is 10.1 Å². The molecule has 0 radical (unpaired) electrons. The monoisotopic (exact) mass is 456 g/mol. The quantitative estimate of drug-likeness (QED) is 0.413. The normalized spacial score (nSPS) is 13.5. The molecule has 1 saturated heterocycles. The van der Waals surface area contributed by atoms with E-state index in [1.165, 1.54) is 22.9 Å². The van der Waals surface area contributed by atoms with Crippen molar-refractivity contribution in [2.75, 3.05) is 37.7 Å². The maximum atomic E-state index is 13.4. The van der Waals surface area contributed by atoms with Crippen molar-refractivity contribution >= 4 is 17.0 Å². The predicted octanol–water partition coefficient (Wildman–Crippen LogP) is 6.23. The van der Waals surface area contributed by atoms with Crippen LogP contribution in [0.5, 0.6) is 0 Å². The van der Waals surface area contributed by atoms with Crippen molar-refractivity contribution < 1.29 is 9.13 Å². The first-order valence-electron chi connectivity index (χ1n) is 11.9. The van der Waals surface area contributed by atoms with Crippen molar-refractivity contribution in [3.8, 4) is 0 Å². The average molecular weight is 457 g/mol. The van der Waals surface area contributed by atoms with Gasteiger partial charge in [0.15, 0.2) is 0 Å². The molecule has 0 saturated carbocycles. The molecule has 0 aromatic heterocycles. The second-order valence-electron chi connectivity index (χ2n) is 8.86. The summed E-state index contributed by atoms with van der Waals surface area (Å²) < 4.78 is 18.9. The lowest BCUT2D eigenvalue weighted by Gasteiger charge is -2.29. The fraction of sp³-hybridized carbons (Fsp3) is 0.267. The number of morpholine rings is 1. The zero-order chi connectivity index (χ0) is 23.9. The van der Waals surface area contributed by atoms with Crippen LogP contribution in [0, 0.1) is 12.7 Å². The van der Waals surface area contributed by atoms with Gasteiger partial charge in [-0.15, -0.1) is 0 Å². The van der Waals surface area contributed by atoms with E-state index in [2.05, 4.69) is 72.8 Å². The molecular formula is C30H33FN2O. The molecule has 1 aliphatic heterocycles. The van der Waals surface area contributed by atoms with Crippen molar-refractivity contribution in [1.82, 2.24) is 5.32 Å². The van der Waals surface area contributed by atoms with Crippen molar-refractivity contribution in [1.29, 1.82) is 0 Å². The van der Waals surface area contributed by atoms with Crippen molar-refractivity contribution in [3.63, 3.8) is 0 Å². The van der Waals surface area contributed by atoms with Gasteiger partial charge in [0.25, 0.3) is 0 Å². The van der Waals surface area contributed by atoms with Crippen LogP contribution >= 0.6 is 0 Å².